The summed E-state index contributed by atoms with van der Waals surface area (Å²) in [5, 5.41) is 13.7. The third-order valence-corrected chi connectivity index (χ3v) is 3.65. The Morgan fingerprint density at radius 1 is 1.40 bits per heavy atom. The van der Waals surface area contributed by atoms with E-state index in [-0.39, 0.29) is 17.4 Å². The molecule has 0 aliphatic carbocycles. The number of nitrogens with zero attached hydrogens (tertiary/aromatic N) is 2. The summed E-state index contributed by atoms with van der Waals surface area (Å²) in [5.74, 6) is 2.93. The summed E-state index contributed by atoms with van der Waals surface area (Å²) in [7, 11) is 0. The average Bonchev–Trinajstić information content (AvgIpc) is 2.69. The van der Waals surface area contributed by atoms with Crippen LogP contribution in [0.25, 0.3) is 0 Å². The molecule has 0 bridgehead atoms. The van der Waals surface area contributed by atoms with Gasteiger partial charge in [-0.2, -0.15) is 16.7 Å². The zero-order chi connectivity index (χ0) is 11.1. The number of hydrogen-bond acceptors (Lipinski definition) is 5. The minimum Gasteiger partial charge on any atom is -0.391 e. The van der Waals surface area contributed by atoms with E-state index in [1.54, 1.807) is 11.8 Å². The topological polar surface area (TPSA) is 59.2 Å². The van der Waals surface area contributed by atoms with Crippen molar-refractivity contribution in [2.75, 3.05) is 11.5 Å². The number of aliphatic hydroxyl groups excluding tert-OH is 1. The van der Waals surface area contributed by atoms with E-state index in [9.17, 15) is 5.11 Å². The van der Waals surface area contributed by atoms with Crippen molar-refractivity contribution < 1.29 is 9.63 Å². The number of aromatic nitrogens is 2. The van der Waals surface area contributed by atoms with Crippen molar-refractivity contribution in [3.63, 3.8) is 0 Å². The summed E-state index contributed by atoms with van der Waals surface area (Å²) < 4.78 is 5.21. The van der Waals surface area contributed by atoms with E-state index in [0.29, 0.717) is 11.7 Å². The van der Waals surface area contributed by atoms with Crippen LogP contribution in [0.1, 0.15) is 38.4 Å². The predicted octanol–water partition coefficient (Wildman–Crippen LogP) is 1.56. The van der Waals surface area contributed by atoms with Crippen molar-refractivity contribution >= 4 is 11.8 Å². The maximum atomic E-state index is 9.71. The van der Waals surface area contributed by atoms with Gasteiger partial charge in [0.25, 0.3) is 0 Å². The lowest BCUT2D eigenvalue weighted by atomic mass is 9.96. The standard InChI is InChI=1S/C10H16N2O2S/c1-10(2,3)9-11-8(14-12-9)6-4-15-5-7(6)13/h6-7,13H,4-5H2,1-3H3. The molecule has 2 rings (SSSR count). The van der Waals surface area contributed by atoms with E-state index < -0.39 is 0 Å². The summed E-state index contributed by atoms with van der Waals surface area (Å²) in [6.07, 6.45) is -0.344. The molecule has 2 heterocycles. The number of thioether (sulfide) groups is 1. The van der Waals surface area contributed by atoms with Gasteiger partial charge in [-0.15, -0.1) is 0 Å². The summed E-state index contributed by atoms with van der Waals surface area (Å²) in [6.45, 7) is 6.13. The molecular formula is C10H16N2O2S. The summed E-state index contributed by atoms with van der Waals surface area (Å²) in [4.78, 5) is 4.36. The molecule has 84 valence electrons. The Morgan fingerprint density at radius 2 is 2.13 bits per heavy atom. The quantitative estimate of drug-likeness (QED) is 0.790. The van der Waals surface area contributed by atoms with Gasteiger partial charge in [0.15, 0.2) is 5.82 Å². The molecule has 5 heteroatoms. The Morgan fingerprint density at radius 3 is 2.60 bits per heavy atom. The van der Waals surface area contributed by atoms with Crippen molar-refractivity contribution in [3.8, 4) is 0 Å². The Kier molecular flexibility index (Phi) is 2.77. The molecule has 4 nitrogen and oxygen atoms in total. The van der Waals surface area contributed by atoms with Crippen molar-refractivity contribution in [1.82, 2.24) is 10.1 Å². The highest BCUT2D eigenvalue weighted by molar-refractivity contribution is 7.99. The summed E-state index contributed by atoms with van der Waals surface area (Å²) in [5.41, 5.74) is -0.0988. The zero-order valence-electron chi connectivity index (χ0n) is 9.23. The molecule has 1 aromatic rings. The van der Waals surface area contributed by atoms with Gasteiger partial charge in [-0.3, -0.25) is 0 Å². The fraction of sp³-hybridized carbons (Fsp3) is 0.800. The first kappa shape index (κ1) is 11.0. The van der Waals surface area contributed by atoms with Crippen LogP contribution in [0.15, 0.2) is 4.52 Å². The van der Waals surface area contributed by atoms with Gasteiger partial charge in [-0.1, -0.05) is 25.9 Å². The molecule has 15 heavy (non-hydrogen) atoms. The first-order valence-corrected chi connectivity index (χ1v) is 6.24. The van der Waals surface area contributed by atoms with Crippen LogP contribution in [-0.4, -0.2) is 32.9 Å². The second-order valence-electron chi connectivity index (χ2n) is 4.92. The molecule has 1 aromatic heterocycles. The van der Waals surface area contributed by atoms with Gasteiger partial charge in [0, 0.05) is 16.9 Å². The van der Waals surface area contributed by atoms with E-state index in [0.717, 1.165) is 11.5 Å². The SMILES string of the molecule is CC(C)(C)c1noc(C2CSCC2O)n1. The van der Waals surface area contributed by atoms with Crippen LogP contribution < -0.4 is 0 Å². The lowest BCUT2D eigenvalue weighted by Crippen LogP contribution is -2.17. The molecule has 2 unspecified atom stereocenters. The van der Waals surface area contributed by atoms with Gasteiger partial charge in [0.2, 0.25) is 5.89 Å². The van der Waals surface area contributed by atoms with Gasteiger partial charge in [0.1, 0.15) is 0 Å². The third-order valence-electron chi connectivity index (χ3n) is 2.48. The molecule has 2 atom stereocenters. The van der Waals surface area contributed by atoms with Crippen molar-refractivity contribution in [1.29, 1.82) is 0 Å². The number of hydrogen-bond donors (Lipinski definition) is 1. The van der Waals surface area contributed by atoms with Crippen LogP contribution >= 0.6 is 11.8 Å². The molecule has 1 saturated heterocycles. The van der Waals surface area contributed by atoms with Crippen LogP contribution in [0.5, 0.6) is 0 Å². The van der Waals surface area contributed by atoms with Gasteiger partial charge >= 0.3 is 0 Å². The average molecular weight is 228 g/mol. The molecule has 1 aliphatic heterocycles. The first-order chi connectivity index (χ1) is 6.98. The second kappa shape index (κ2) is 3.79. The van der Waals surface area contributed by atoms with Crippen LogP contribution in [-0.2, 0) is 5.41 Å². The Balaban J connectivity index is 2.20. The van der Waals surface area contributed by atoms with Crippen molar-refractivity contribution in [2.24, 2.45) is 0 Å². The lowest BCUT2D eigenvalue weighted by molar-refractivity contribution is 0.164. The van der Waals surface area contributed by atoms with Crippen LogP contribution in [0.4, 0.5) is 0 Å². The minimum atomic E-state index is -0.344. The lowest BCUT2D eigenvalue weighted by Gasteiger charge is -2.11. The molecule has 1 aliphatic rings. The van der Waals surface area contributed by atoms with E-state index >= 15 is 0 Å². The van der Waals surface area contributed by atoms with Crippen LogP contribution in [0.3, 0.4) is 0 Å². The van der Waals surface area contributed by atoms with Gasteiger partial charge in [-0.25, -0.2) is 0 Å². The Hall–Kier alpha value is -0.550. The smallest absolute Gasteiger partial charge is 0.233 e. The molecule has 1 fully saturated rings. The summed E-state index contributed by atoms with van der Waals surface area (Å²) >= 11 is 1.72. The molecule has 0 spiro atoms. The fourth-order valence-electron chi connectivity index (χ4n) is 1.47. The van der Waals surface area contributed by atoms with Gasteiger partial charge in [-0.05, 0) is 0 Å². The molecule has 0 aromatic carbocycles. The van der Waals surface area contributed by atoms with Crippen LogP contribution in [0.2, 0.25) is 0 Å². The fourth-order valence-corrected chi connectivity index (χ4v) is 2.70. The molecule has 0 saturated carbocycles. The van der Waals surface area contributed by atoms with E-state index in [1.807, 2.05) is 20.8 Å². The van der Waals surface area contributed by atoms with E-state index in [1.165, 1.54) is 0 Å². The maximum absolute atomic E-state index is 9.71. The molecular weight excluding hydrogens is 212 g/mol. The normalized spacial score (nSPS) is 27.2. The largest absolute Gasteiger partial charge is 0.391 e. The molecule has 0 radical (unpaired) electrons. The molecule has 0 amide bonds. The van der Waals surface area contributed by atoms with Crippen molar-refractivity contribution in [3.05, 3.63) is 11.7 Å². The first-order valence-electron chi connectivity index (χ1n) is 5.08. The van der Waals surface area contributed by atoms with Gasteiger partial charge < -0.3 is 9.63 Å². The van der Waals surface area contributed by atoms with E-state index in [2.05, 4.69) is 10.1 Å². The minimum absolute atomic E-state index is 0.0126. The predicted molar refractivity (Wildman–Crippen MR) is 59.1 cm³/mol. The summed E-state index contributed by atoms with van der Waals surface area (Å²) in [6, 6.07) is 0. The second-order valence-corrected chi connectivity index (χ2v) is 5.99. The Labute approximate surface area is 93.4 Å². The molecule has 1 N–H and O–H groups in total. The monoisotopic (exact) mass is 228 g/mol. The number of aliphatic hydroxyl groups is 1. The van der Waals surface area contributed by atoms with Gasteiger partial charge in [0.05, 0.1) is 12.0 Å². The van der Waals surface area contributed by atoms with Crippen molar-refractivity contribution in [2.45, 2.75) is 38.2 Å². The number of rotatable bonds is 1. The highest BCUT2D eigenvalue weighted by atomic mass is 32.2. The van der Waals surface area contributed by atoms with E-state index in [4.69, 9.17) is 4.52 Å². The zero-order valence-corrected chi connectivity index (χ0v) is 10.0. The Bertz CT molecular complexity index is 345. The highest BCUT2D eigenvalue weighted by Gasteiger charge is 2.33. The highest BCUT2D eigenvalue weighted by Crippen LogP contribution is 2.32. The van der Waals surface area contributed by atoms with Crippen LogP contribution in [0, 0.1) is 0 Å². The third kappa shape index (κ3) is 2.18. The maximum Gasteiger partial charge on any atom is 0.233 e.